The smallest absolute Gasteiger partial charge is 0.405 e. The molecule has 5 rings (SSSR count). The number of aryl methyl sites for hydroxylation is 1. The van der Waals surface area contributed by atoms with Gasteiger partial charge in [-0.15, -0.1) is 0 Å². The predicted octanol–water partition coefficient (Wildman–Crippen LogP) is 3.81. The van der Waals surface area contributed by atoms with Gasteiger partial charge in [-0.1, -0.05) is 54.6 Å². The molecule has 0 bridgehead atoms. The Kier molecular flexibility index (Phi) is 4.74. The number of amides is 1. The van der Waals surface area contributed by atoms with Crippen LogP contribution >= 0.6 is 0 Å². The fraction of sp³-hybridized carbons (Fsp3) is 0.240. The number of hydrogen-bond acceptors (Lipinski definition) is 4. The fourth-order valence-corrected chi connectivity index (χ4v) is 4.67. The number of rotatable bonds is 4. The molecule has 0 aliphatic heterocycles. The lowest BCUT2D eigenvalue weighted by atomic mass is 9.72. The summed E-state index contributed by atoms with van der Waals surface area (Å²) in [6.07, 6.45) is 1.41. The van der Waals surface area contributed by atoms with Crippen molar-refractivity contribution in [3.8, 4) is 22.5 Å². The molecule has 1 saturated carbocycles. The van der Waals surface area contributed by atoms with E-state index in [0.29, 0.717) is 16.7 Å². The van der Waals surface area contributed by atoms with Crippen LogP contribution in [0.1, 0.15) is 24.8 Å². The zero-order valence-electron chi connectivity index (χ0n) is 18.3. The summed E-state index contributed by atoms with van der Waals surface area (Å²) in [6, 6.07) is 17.0. The Bertz CT molecular complexity index is 1490. The second-order valence-electron chi connectivity index (χ2n) is 8.50. The van der Waals surface area contributed by atoms with Crippen LogP contribution in [0.3, 0.4) is 0 Å². The molecule has 1 aliphatic rings. The van der Waals surface area contributed by atoms with Crippen LogP contribution in [0.5, 0.6) is 0 Å². The number of benzene rings is 2. The maximum atomic E-state index is 13.1. The minimum Gasteiger partial charge on any atom is -0.465 e. The SMILES string of the molecule is Cn1c(=O)c2c(-c3ccccc3)c(-c3ccc(C4(NC(=O)O)CCC4)cc3)oc2n(C)c1=O. The maximum Gasteiger partial charge on any atom is 0.405 e. The van der Waals surface area contributed by atoms with E-state index in [9.17, 15) is 19.5 Å². The molecule has 1 amide bonds. The topological polar surface area (TPSA) is 106 Å². The Balaban J connectivity index is 1.73. The van der Waals surface area contributed by atoms with Gasteiger partial charge in [0.05, 0.1) is 5.54 Å². The van der Waals surface area contributed by atoms with Crippen molar-refractivity contribution >= 4 is 17.2 Å². The molecule has 0 unspecified atom stereocenters. The number of furan rings is 1. The second-order valence-corrected chi connectivity index (χ2v) is 8.50. The van der Waals surface area contributed by atoms with Gasteiger partial charge in [-0.2, -0.15) is 0 Å². The van der Waals surface area contributed by atoms with Crippen LogP contribution in [0, 0.1) is 0 Å². The molecular formula is C25H23N3O5. The van der Waals surface area contributed by atoms with Crippen molar-refractivity contribution in [3.63, 3.8) is 0 Å². The third kappa shape index (κ3) is 3.17. The second kappa shape index (κ2) is 7.51. The number of carboxylic acid groups (broad SMARTS) is 1. The normalized spacial score (nSPS) is 14.7. The molecule has 2 N–H and O–H groups in total. The first-order valence-corrected chi connectivity index (χ1v) is 10.7. The average molecular weight is 445 g/mol. The molecule has 0 atom stereocenters. The third-order valence-electron chi connectivity index (χ3n) is 6.60. The van der Waals surface area contributed by atoms with E-state index in [1.54, 1.807) is 7.05 Å². The van der Waals surface area contributed by atoms with Gasteiger partial charge >= 0.3 is 11.8 Å². The fourth-order valence-electron chi connectivity index (χ4n) is 4.67. The molecule has 2 heterocycles. The number of hydrogen-bond donors (Lipinski definition) is 2. The quantitative estimate of drug-likeness (QED) is 0.497. The summed E-state index contributed by atoms with van der Waals surface area (Å²) in [5, 5.41) is 12.3. The largest absolute Gasteiger partial charge is 0.465 e. The molecule has 4 aromatic rings. The number of carbonyl (C=O) groups is 1. The van der Waals surface area contributed by atoms with E-state index in [4.69, 9.17) is 4.42 Å². The van der Waals surface area contributed by atoms with Crippen molar-refractivity contribution in [2.75, 3.05) is 0 Å². The summed E-state index contributed by atoms with van der Waals surface area (Å²) in [7, 11) is 3.03. The van der Waals surface area contributed by atoms with E-state index < -0.39 is 22.9 Å². The van der Waals surface area contributed by atoms with Crippen molar-refractivity contribution in [1.82, 2.24) is 14.5 Å². The van der Waals surface area contributed by atoms with Crippen LogP contribution in [0.15, 0.2) is 68.6 Å². The maximum absolute atomic E-state index is 13.1. The number of fused-ring (bicyclic) bond motifs is 1. The summed E-state index contributed by atoms with van der Waals surface area (Å²) in [6.45, 7) is 0. The van der Waals surface area contributed by atoms with Gasteiger partial charge < -0.3 is 14.8 Å². The van der Waals surface area contributed by atoms with Gasteiger partial charge in [0.2, 0.25) is 5.71 Å². The molecule has 8 heteroatoms. The highest BCUT2D eigenvalue weighted by molar-refractivity contribution is 6.00. The van der Waals surface area contributed by atoms with Crippen molar-refractivity contribution in [3.05, 3.63) is 81.0 Å². The number of aromatic nitrogens is 2. The standard InChI is InChI=1S/C25H23N3O5/c1-27-21(29)19-18(15-7-4-3-5-8-15)20(33-22(19)28(2)24(27)32)16-9-11-17(12-10-16)25(13-6-14-25)26-23(30)31/h3-5,7-12,26H,6,13-14H2,1-2H3,(H,30,31). The minimum atomic E-state index is -1.04. The van der Waals surface area contributed by atoms with Gasteiger partial charge in [0.15, 0.2) is 0 Å². The predicted molar refractivity (Wildman–Crippen MR) is 124 cm³/mol. The average Bonchev–Trinajstić information content (AvgIpc) is 3.20. The molecule has 1 fully saturated rings. The van der Waals surface area contributed by atoms with Gasteiger partial charge in [0.1, 0.15) is 11.1 Å². The molecule has 0 saturated heterocycles. The summed E-state index contributed by atoms with van der Waals surface area (Å²) in [4.78, 5) is 36.9. The van der Waals surface area contributed by atoms with E-state index in [1.807, 2.05) is 54.6 Å². The van der Waals surface area contributed by atoms with Gasteiger partial charge in [0, 0.05) is 25.2 Å². The minimum absolute atomic E-state index is 0.212. The van der Waals surface area contributed by atoms with Gasteiger partial charge in [-0.05, 0) is 30.4 Å². The van der Waals surface area contributed by atoms with Crippen LogP contribution in [0.4, 0.5) is 4.79 Å². The van der Waals surface area contributed by atoms with Crippen LogP contribution < -0.4 is 16.6 Å². The van der Waals surface area contributed by atoms with E-state index in [2.05, 4.69) is 5.32 Å². The lowest BCUT2D eigenvalue weighted by molar-refractivity contribution is 0.144. The first-order valence-electron chi connectivity index (χ1n) is 10.7. The van der Waals surface area contributed by atoms with Gasteiger partial charge in [0.25, 0.3) is 5.56 Å². The van der Waals surface area contributed by atoms with E-state index in [-0.39, 0.29) is 5.71 Å². The highest BCUT2D eigenvalue weighted by Gasteiger charge is 2.40. The molecular weight excluding hydrogens is 422 g/mol. The van der Waals surface area contributed by atoms with Gasteiger partial charge in [-0.25, -0.2) is 9.59 Å². The Morgan fingerprint density at radius 1 is 0.970 bits per heavy atom. The molecule has 0 radical (unpaired) electrons. The van der Waals surface area contributed by atoms with Crippen molar-refractivity contribution in [2.45, 2.75) is 24.8 Å². The molecule has 8 nitrogen and oxygen atoms in total. The summed E-state index contributed by atoms with van der Waals surface area (Å²) in [5.74, 6) is 0.481. The van der Waals surface area contributed by atoms with Crippen LogP contribution in [-0.2, 0) is 19.6 Å². The number of nitrogens with zero attached hydrogens (tertiary/aromatic N) is 2. The first-order chi connectivity index (χ1) is 15.8. The van der Waals surface area contributed by atoms with Crippen molar-refractivity contribution in [1.29, 1.82) is 0 Å². The zero-order chi connectivity index (χ0) is 23.3. The Morgan fingerprint density at radius 3 is 2.21 bits per heavy atom. The van der Waals surface area contributed by atoms with Crippen molar-refractivity contribution in [2.24, 2.45) is 14.1 Å². The monoisotopic (exact) mass is 445 g/mol. The highest BCUT2D eigenvalue weighted by atomic mass is 16.4. The molecule has 1 aliphatic carbocycles. The van der Waals surface area contributed by atoms with E-state index >= 15 is 0 Å². The van der Waals surface area contributed by atoms with Crippen LogP contribution in [0.2, 0.25) is 0 Å². The van der Waals surface area contributed by atoms with E-state index in [1.165, 1.54) is 11.6 Å². The Hall–Kier alpha value is -4.07. The highest BCUT2D eigenvalue weighted by Crippen LogP contribution is 2.43. The lowest BCUT2D eigenvalue weighted by Crippen LogP contribution is -2.50. The summed E-state index contributed by atoms with van der Waals surface area (Å²) in [5.41, 5.74) is 1.80. The Morgan fingerprint density at radius 2 is 1.64 bits per heavy atom. The van der Waals surface area contributed by atoms with E-state index in [0.717, 1.165) is 40.5 Å². The summed E-state index contributed by atoms with van der Waals surface area (Å²) >= 11 is 0. The molecule has 2 aromatic heterocycles. The van der Waals surface area contributed by atoms with Crippen LogP contribution in [-0.4, -0.2) is 20.3 Å². The third-order valence-corrected chi connectivity index (χ3v) is 6.60. The first kappa shape index (κ1) is 20.8. The van der Waals surface area contributed by atoms with Crippen molar-refractivity contribution < 1.29 is 14.3 Å². The molecule has 33 heavy (non-hydrogen) atoms. The molecule has 0 spiro atoms. The zero-order valence-corrected chi connectivity index (χ0v) is 18.3. The Labute approximate surface area is 188 Å². The lowest BCUT2D eigenvalue weighted by Gasteiger charge is -2.42. The molecule has 2 aromatic carbocycles. The summed E-state index contributed by atoms with van der Waals surface area (Å²) < 4.78 is 8.57. The number of nitrogens with one attached hydrogen (secondary N) is 1. The van der Waals surface area contributed by atoms with Gasteiger partial charge in [-0.3, -0.25) is 13.9 Å². The molecule has 168 valence electrons. The van der Waals surface area contributed by atoms with Crippen LogP contribution in [0.25, 0.3) is 33.6 Å².